The van der Waals surface area contributed by atoms with Crippen molar-refractivity contribution in [2.75, 3.05) is 32.8 Å². The SMILES string of the molecule is CCN1CCCC1CNC(=NCc1nnc(C)n1C)NC1CCOC1.I. The molecule has 2 saturated heterocycles. The normalized spacial score (nSPS) is 23.9. The number of nitrogens with one attached hydrogen (secondary N) is 2. The molecule has 0 bridgehead atoms. The molecule has 0 aromatic carbocycles. The third-order valence-electron chi connectivity index (χ3n) is 5.24. The van der Waals surface area contributed by atoms with E-state index in [-0.39, 0.29) is 24.0 Å². The van der Waals surface area contributed by atoms with E-state index in [4.69, 9.17) is 9.73 Å². The van der Waals surface area contributed by atoms with Crippen LogP contribution >= 0.6 is 24.0 Å². The number of halogens is 1. The van der Waals surface area contributed by atoms with Crippen LogP contribution in [0.5, 0.6) is 0 Å². The summed E-state index contributed by atoms with van der Waals surface area (Å²) in [5.41, 5.74) is 0. The van der Waals surface area contributed by atoms with Crippen molar-refractivity contribution in [1.29, 1.82) is 0 Å². The maximum Gasteiger partial charge on any atom is 0.192 e. The first-order valence-corrected chi connectivity index (χ1v) is 9.39. The number of hydrogen-bond acceptors (Lipinski definition) is 5. The number of guanidine groups is 1. The van der Waals surface area contributed by atoms with Crippen molar-refractivity contribution in [3.05, 3.63) is 11.6 Å². The van der Waals surface area contributed by atoms with Gasteiger partial charge in [-0.1, -0.05) is 6.92 Å². The van der Waals surface area contributed by atoms with Gasteiger partial charge < -0.3 is 19.9 Å². The largest absolute Gasteiger partial charge is 0.379 e. The third kappa shape index (κ3) is 5.53. The number of nitrogens with zero attached hydrogens (tertiary/aromatic N) is 5. The fourth-order valence-corrected chi connectivity index (χ4v) is 3.49. The fourth-order valence-electron chi connectivity index (χ4n) is 3.49. The molecule has 1 aromatic rings. The van der Waals surface area contributed by atoms with Crippen LogP contribution in [-0.4, -0.2) is 70.6 Å². The lowest BCUT2D eigenvalue weighted by molar-refractivity contribution is 0.192. The minimum absolute atomic E-state index is 0. The van der Waals surface area contributed by atoms with E-state index in [0.717, 1.165) is 50.3 Å². The predicted octanol–water partition coefficient (Wildman–Crippen LogP) is 1.05. The van der Waals surface area contributed by atoms with Gasteiger partial charge in [-0.3, -0.25) is 4.90 Å². The molecule has 3 rings (SSSR count). The van der Waals surface area contributed by atoms with Crippen LogP contribution in [-0.2, 0) is 18.3 Å². The number of hydrogen-bond donors (Lipinski definition) is 2. The summed E-state index contributed by atoms with van der Waals surface area (Å²) in [5.74, 6) is 2.62. The van der Waals surface area contributed by atoms with Crippen molar-refractivity contribution in [2.24, 2.45) is 12.0 Å². The van der Waals surface area contributed by atoms with Crippen LogP contribution < -0.4 is 10.6 Å². The van der Waals surface area contributed by atoms with E-state index in [2.05, 4.69) is 32.7 Å². The molecule has 2 aliphatic rings. The van der Waals surface area contributed by atoms with Crippen LogP contribution in [0.1, 0.15) is 37.8 Å². The van der Waals surface area contributed by atoms with Crippen molar-refractivity contribution in [3.63, 3.8) is 0 Å². The van der Waals surface area contributed by atoms with Crippen molar-refractivity contribution < 1.29 is 4.74 Å². The zero-order valence-corrected chi connectivity index (χ0v) is 18.4. The summed E-state index contributed by atoms with van der Waals surface area (Å²) < 4.78 is 7.46. The van der Waals surface area contributed by atoms with E-state index < -0.39 is 0 Å². The molecule has 2 atom stereocenters. The monoisotopic (exact) mass is 477 g/mol. The maximum atomic E-state index is 5.48. The van der Waals surface area contributed by atoms with Gasteiger partial charge in [-0.15, -0.1) is 34.2 Å². The highest BCUT2D eigenvalue weighted by Crippen LogP contribution is 2.15. The first-order valence-electron chi connectivity index (χ1n) is 9.39. The van der Waals surface area contributed by atoms with Gasteiger partial charge in [0.25, 0.3) is 0 Å². The highest BCUT2D eigenvalue weighted by Gasteiger charge is 2.23. The highest BCUT2D eigenvalue weighted by molar-refractivity contribution is 14.0. The van der Waals surface area contributed by atoms with Crippen LogP contribution in [0.2, 0.25) is 0 Å². The summed E-state index contributed by atoms with van der Waals surface area (Å²) in [5, 5.41) is 15.3. The van der Waals surface area contributed by atoms with E-state index in [1.807, 2.05) is 18.5 Å². The van der Waals surface area contributed by atoms with Gasteiger partial charge in [0, 0.05) is 26.2 Å². The van der Waals surface area contributed by atoms with E-state index in [0.29, 0.717) is 18.6 Å². The number of ether oxygens (including phenoxy) is 1. The molecule has 2 N–H and O–H groups in total. The van der Waals surface area contributed by atoms with Gasteiger partial charge in [0.05, 0.1) is 12.6 Å². The first kappa shape index (κ1) is 21.4. The number of rotatable bonds is 6. The molecule has 2 aliphatic heterocycles. The minimum atomic E-state index is 0. The lowest BCUT2D eigenvalue weighted by Gasteiger charge is -2.24. The topological polar surface area (TPSA) is 79.6 Å². The van der Waals surface area contributed by atoms with Gasteiger partial charge in [0.2, 0.25) is 0 Å². The number of likely N-dealkylation sites (tertiary alicyclic amines) is 1. The Morgan fingerprint density at radius 2 is 2.19 bits per heavy atom. The van der Waals surface area contributed by atoms with Crippen LogP contribution in [0.15, 0.2) is 4.99 Å². The maximum absolute atomic E-state index is 5.48. The highest BCUT2D eigenvalue weighted by atomic mass is 127. The first-order chi connectivity index (χ1) is 12.2. The molecule has 0 radical (unpaired) electrons. The van der Waals surface area contributed by atoms with Gasteiger partial charge in [0.15, 0.2) is 11.8 Å². The van der Waals surface area contributed by atoms with Crippen molar-refractivity contribution >= 4 is 29.9 Å². The summed E-state index contributed by atoms with van der Waals surface area (Å²) in [4.78, 5) is 7.28. The van der Waals surface area contributed by atoms with E-state index in [1.54, 1.807) is 0 Å². The lowest BCUT2D eigenvalue weighted by atomic mass is 10.2. The Morgan fingerprint density at radius 3 is 2.85 bits per heavy atom. The van der Waals surface area contributed by atoms with Gasteiger partial charge in [-0.25, -0.2) is 4.99 Å². The van der Waals surface area contributed by atoms with Gasteiger partial charge in [-0.2, -0.15) is 0 Å². The third-order valence-corrected chi connectivity index (χ3v) is 5.24. The standard InChI is InChI=1S/C17H31N7O.HI/c1-4-24-8-5-6-15(24)10-18-17(20-14-7-9-25-12-14)19-11-16-22-21-13(2)23(16)3;/h14-15H,4-12H2,1-3H3,(H2,18,19,20);1H. The number of aliphatic imine (C=N–C) groups is 1. The van der Waals surface area contributed by atoms with Gasteiger partial charge in [-0.05, 0) is 39.3 Å². The summed E-state index contributed by atoms with van der Waals surface area (Å²) in [6, 6.07) is 0.923. The molecule has 9 heteroatoms. The molecule has 0 amide bonds. The molecule has 148 valence electrons. The summed E-state index contributed by atoms with van der Waals surface area (Å²) in [6.45, 7) is 9.50. The Morgan fingerprint density at radius 1 is 1.35 bits per heavy atom. The van der Waals surface area contributed by atoms with Crippen LogP contribution in [0, 0.1) is 6.92 Å². The second-order valence-corrected chi connectivity index (χ2v) is 6.90. The van der Waals surface area contributed by atoms with Crippen molar-refractivity contribution in [3.8, 4) is 0 Å². The molecule has 2 unspecified atom stereocenters. The second-order valence-electron chi connectivity index (χ2n) is 6.90. The number of aromatic nitrogens is 3. The van der Waals surface area contributed by atoms with Crippen molar-refractivity contribution in [2.45, 2.75) is 51.7 Å². The van der Waals surface area contributed by atoms with Crippen LogP contribution in [0.25, 0.3) is 0 Å². The molecule has 0 aliphatic carbocycles. The molecule has 1 aromatic heterocycles. The second kappa shape index (κ2) is 10.4. The summed E-state index contributed by atoms with van der Waals surface area (Å²) in [6.07, 6.45) is 3.56. The zero-order chi connectivity index (χ0) is 17.6. The minimum Gasteiger partial charge on any atom is -0.379 e. The van der Waals surface area contributed by atoms with E-state index in [9.17, 15) is 0 Å². The molecule has 2 fully saturated rings. The Bertz CT molecular complexity index is 586. The zero-order valence-electron chi connectivity index (χ0n) is 16.1. The van der Waals surface area contributed by atoms with E-state index in [1.165, 1.54) is 19.4 Å². The quantitative estimate of drug-likeness (QED) is 0.363. The molecule has 3 heterocycles. The Balaban J connectivity index is 0.00000243. The molecular formula is C17H32IN7O. The number of likely N-dealkylation sites (N-methyl/N-ethyl adjacent to an activating group) is 1. The Labute approximate surface area is 173 Å². The molecule has 0 spiro atoms. The predicted molar refractivity (Wildman–Crippen MR) is 113 cm³/mol. The van der Waals surface area contributed by atoms with Crippen LogP contribution in [0.3, 0.4) is 0 Å². The lowest BCUT2D eigenvalue weighted by Crippen LogP contribution is -2.48. The Hall–Kier alpha value is -0.940. The van der Waals surface area contributed by atoms with Gasteiger partial charge in [0.1, 0.15) is 12.4 Å². The van der Waals surface area contributed by atoms with E-state index >= 15 is 0 Å². The molecule has 0 saturated carbocycles. The van der Waals surface area contributed by atoms with Crippen LogP contribution in [0.4, 0.5) is 0 Å². The average molecular weight is 477 g/mol. The van der Waals surface area contributed by atoms with Gasteiger partial charge >= 0.3 is 0 Å². The van der Waals surface area contributed by atoms with Crippen molar-refractivity contribution in [1.82, 2.24) is 30.3 Å². The summed E-state index contributed by atoms with van der Waals surface area (Å²) in [7, 11) is 1.98. The molecule has 26 heavy (non-hydrogen) atoms. The Kier molecular flexibility index (Phi) is 8.55. The molecule has 8 nitrogen and oxygen atoms in total. The smallest absolute Gasteiger partial charge is 0.192 e. The number of aryl methyl sites for hydroxylation is 1. The summed E-state index contributed by atoms with van der Waals surface area (Å²) >= 11 is 0. The molecular weight excluding hydrogens is 445 g/mol. The average Bonchev–Trinajstić information content (AvgIpc) is 3.34. The fraction of sp³-hybridized carbons (Fsp3) is 0.824.